The molecule has 23 heavy (non-hydrogen) atoms. The number of hydrogen-bond acceptors (Lipinski definition) is 4. The number of hydrogen-bond donors (Lipinski definition) is 0. The standard InChI is InChI=1S/C16H11ClF2O4/c17-12-5-9(6-14-15(12)22-4-3-21-14)8-23-16(20)11-2-1-10(18)7-13(11)19/h1-2,5-7H,3-4,8H2. The minimum absolute atomic E-state index is 0.133. The summed E-state index contributed by atoms with van der Waals surface area (Å²) in [7, 11) is 0. The van der Waals surface area contributed by atoms with Gasteiger partial charge in [0.15, 0.2) is 11.5 Å². The first-order valence-electron chi connectivity index (χ1n) is 6.75. The van der Waals surface area contributed by atoms with E-state index >= 15 is 0 Å². The van der Waals surface area contributed by atoms with Gasteiger partial charge in [-0.05, 0) is 29.8 Å². The van der Waals surface area contributed by atoms with Crippen molar-refractivity contribution in [2.45, 2.75) is 6.61 Å². The highest BCUT2D eigenvalue weighted by molar-refractivity contribution is 6.32. The van der Waals surface area contributed by atoms with E-state index in [1.807, 2.05) is 0 Å². The van der Waals surface area contributed by atoms with Crippen molar-refractivity contribution in [2.24, 2.45) is 0 Å². The van der Waals surface area contributed by atoms with Gasteiger partial charge in [0.05, 0.1) is 10.6 Å². The summed E-state index contributed by atoms with van der Waals surface area (Å²) in [6, 6.07) is 5.85. The number of esters is 1. The molecule has 3 rings (SSSR count). The molecule has 0 spiro atoms. The highest BCUT2D eigenvalue weighted by Gasteiger charge is 2.18. The van der Waals surface area contributed by atoms with Crippen LogP contribution in [0.15, 0.2) is 30.3 Å². The molecule has 0 fully saturated rings. The molecule has 0 bridgehead atoms. The van der Waals surface area contributed by atoms with Gasteiger partial charge in [-0.3, -0.25) is 0 Å². The maximum absolute atomic E-state index is 13.5. The van der Waals surface area contributed by atoms with Crippen LogP contribution in [0.1, 0.15) is 15.9 Å². The second kappa shape index (κ2) is 6.42. The Kier molecular flexibility index (Phi) is 4.34. The zero-order valence-corrected chi connectivity index (χ0v) is 12.5. The molecule has 0 aliphatic carbocycles. The molecule has 1 aliphatic heterocycles. The largest absolute Gasteiger partial charge is 0.486 e. The zero-order valence-electron chi connectivity index (χ0n) is 11.8. The third-order valence-corrected chi connectivity index (χ3v) is 3.46. The minimum atomic E-state index is -0.977. The summed E-state index contributed by atoms with van der Waals surface area (Å²) in [5.41, 5.74) is 0.227. The summed E-state index contributed by atoms with van der Waals surface area (Å²) in [5, 5.41) is 0.334. The highest BCUT2D eigenvalue weighted by Crippen LogP contribution is 2.38. The lowest BCUT2D eigenvalue weighted by molar-refractivity contribution is 0.0466. The predicted octanol–water partition coefficient (Wildman–Crippen LogP) is 3.75. The van der Waals surface area contributed by atoms with E-state index in [9.17, 15) is 13.6 Å². The van der Waals surface area contributed by atoms with Crippen molar-refractivity contribution >= 4 is 17.6 Å². The zero-order chi connectivity index (χ0) is 16.4. The quantitative estimate of drug-likeness (QED) is 0.798. The number of ether oxygens (including phenoxy) is 3. The SMILES string of the molecule is O=C(OCc1cc(Cl)c2c(c1)OCCO2)c1ccc(F)cc1F. The number of carbonyl (C=O) groups excluding carboxylic acids is 1. The van der Waals surface area contributed by atoms with E-state index in [0.29, 0.717) is 41.4 Å². The molecule has 0 N–H and O–H groups in total. The van der Waals surface area contributed by atoms with Gasteiger partial charge in [-0.2, -0.15) is 0 Å². The van der Waals surface area contributed by atoms with E-state index < -0.39 is 17.6 Å². The van der Waals surface area contributed by atoms with Gasteiger partial charge in [-0.15, -0.1) is 0 Å². The Bertz CT molecular complexity index is 764. The lowest BCUT2D eigenvalue weighted by atomic mass is 10.2. The van der Waals surface area contributed by atoms with Crippen LogP contribution in [-0.4, -0.2) is 19.2 Å². The third-order valence-electron chi connectivity index (χ3n) is 3.18. The molecule has 0 radical (unpaired) electrons. The monoisotopic (exact) mass is 340 g/mol. The molecule has 4 nitrogen and oxygen atoms in total. The first-order chi connectivity index (χ1) is 11.0. The molecule has 0 amide bonds. The maximum atomic E-state index is 13.5. The Morgan fingerprint density at radius 1 is 1.17 bits per heavy atom. The number of rotatable bonds is 3. The van der Waals surface area contributed by atoms with E-state index in [1.165, 1.54) is 0 Å². The van der Waals surface area contributed by atoms with Gasteiger partial charge in [-0.25, -0.2) is 13.6 Å². The lowest BCUT2D eigenvalue weighted by Crippen LogP contribution is -2.16. The molecule has 0 atom stereocenters. The Balaban J connectivity index is 1.73. The van der Waals surface area contributed by atoms with Crippen LogP contribution in [0.2, 0.25) is 5.02 Å². The minimum Gasteiger partial charge on any atom is -0.486 e. The van der Waals surface area contributed by atoms with Gasteiger partial charge >= 0.3 is 5.97 Å². The first-order valence-corrected chi connectivity index (χ1v) is 7.12. The molecule has 2 aromatic rings. The van der Waals surface area contributed by atoms with Crippen molar-refractivity contribution in [1.82, 2.24) is 0 Å². The molecule has 7 heteroatoms. The number of fused-ring (bicyclic) bond motifs is 1. The average molecular weight is 341 g/mol. The summed E-state index contributed by atoms with van der Waals surface area (Å²) < 4.78 is 42.2. The molecular formula is C16H11ClF2O4. The van der Waals surface area contributed by atoms with Crippen molar-refractivity contribution in [3.05, 3.63) is 58.1 Å². The van der Waals surface area contributed by atoms with Crippen LogP contribution in [0, 0.1) is 11.6 Å². The fourth-order valence-corrected chi connectivity index (χ4v) is 2.42. The van der Waals surface area contributed by atoms with Crippen molar-refractivity contribution in [2.75, 3.05) is 13.2 Å². The Morgan fingerprint density at radius 2 is 1.96 bits per heavy atom. The van der Waals surface area contributed by atoms with Gasteiger partial charge in [0.2, 0.25) is 0 Å². The molecule has 120 valence electrons. The summed E-state index contributed by atoms with van der Waals surface area (Å²) in [5.74, 6) is -1.73. The van der Waals surface area contributed by atoms with Crippen LogP contribution < -0.4 is 9.47 Å². The van der Waals surface area contributed by atoms with Crippen molar-refractivity contribution in [3.8, 4) is 11.5 Å². The van der Waals surface area contributed by atoms with E-state index in [0.717, 1.165) is 12.1 Å². The van der Waals surface area contributed by atoms with Gasteiger partial charge in [0.25, 0.3) is 0 Å². The fourth-order valence-electron chi connectivity index (χ4n) is 2.13. The number of halogens is 3. The molecule has 0 aromatic heterocycles. The summed E-state index contributed by atoms with van der Waals surface area (Å²) in [6.07, 6.45) is 0. The van der Waals surface area contributed by atoms with Crippen LogP contribution in [0.4, 0.5) is 8.78 Å². The second-order valence-electron chi connectivity index (χ2n) is 4.80. The Morgan fingerprint density at radius 3 is 2.74 bits per heavy atom. The van der Waals surface area contributed by atoms with Crippen LogP contribution in [0.5, 0.6) is 11.5 Å². The summed E-state index contributed by atoms with van der Waals surface area (Å²) in [6.45, 7) is 0.671. The van der Waals surface area contributed by atoms with Gasteiger partial charge < -0.3 is 14.2 Å². The highest BCUT2D eigenvalue weighted by atomic mass is 35.5. The van der Waals surface area contributed by atoms with Gasteiger partial charge in [-0.1, -0.05) is 11.6 Å². The molecule has 1 heterocycles. The summed E-state index contributed by atoms with van der Waals surface area (Å²) in [4.78, 5) is 11.9. The summed E-state index contributed by atoms with van der Waals surface area (Å²) >= 11 is 6.08. The van der Waals surface area contributed by atoms with Gasteiger partial charge in [0, 0.05) is 6.07 Å². The van der Waals surface area contributed by atoms with E-state index in [4.69, 9.17) is 25.8 Å². The normalized spacial score (nSPS) is 12.8. The number of benzene rings is 2. The van der Waals surface area contributed by atoms with Crippen molar-refractivity contribution in [3.63, 3.8) is 0 Å². The van der Waals surface area contributed by atoms with Crippen molar-refractivity contribution < 1.29 is 27.8 Å². The molecule has 1 aliphatic rings. The molecule has 0 saturated carbocycles. The topological polar surface area (TPSA) is 44.8 Å². The predicted molar refractivity (Wildman–Crippen MR) is 77.9 cm³/mol. The van der Waals surface area contributed by atoms with Gasteiger partial charge in [0.1, 0.15) is 31.5 Å². The van der Waals surface area contributed by atoms with Crippen molar-refractivity contribution in [1.29, 1.82) is 0 Å². The number of carbonyl (C=O) groups is 1. The Labute approximate surface area is 135 Å². The van der Waals surface area contributed by atoms with E-state index in [1.54, 1.807) is 12.1 Å². The van der Waals surface area contributed by atoms with Crippen LogP contribution in [0.25, 0.3) is 0 Å². The Hall–Kier alpha value is -2.34. The van der Waals surface area contributed by atoms with E-state index in [-0.39, 0.29) is 12.2 Å². The lowest BCUT2D eigenvalue weighted by Gasteiger charge is -2.20. The second-order valence-corrected chi connectivity index (χ2v) is 5.21. The smallest absolute Gasteiger partial charge is 0.341 e. The van der Waals surface area contributed by atoms with Crippen LogP contribution in [0.3, 0.4) is 0 Å². The fraction of sp³-hybridized carbons (Fsp3) is 0.188. The van der Waals surface area contributed by atoms with Crippen LogP contribution >= 0.6 is 11.6 Å². The first kappa shape index (κ1) is 15.6. The molecular weight excluding hydrogens is 330 g/mol. The maximum Gasteiger partial charge on any atom is 0.341 e. The third kappa shape index (κ3) is 3.37. The molecule has 2 aromatic carbocycles. The van der Waals surface area contributed by atoms with Crippen LogP contribution in [-0.2, 0) is 11.3 Å². The van der Waals surface area contributed by atoms with E-state index in [2.05, 4.69) is 0 Å². The molecule has 0 unspecified atom stereocenters. The molecule has 0 saturated heterocycles. The average Bonchev–Trinajstić information content (AvgIpc) is 2.53.